The van der Waals surface area contributed by atoms with Crippen molar-refractivity contribution in [3.8, 4) is 0 Å². The molecule has 10 heteroatoms. The zero-order valence-electron chi connectivity index (χ0n) is 12.0. The molecule has 4 atom stereocenters. The van der Waals surface area contributed by atoms with Crippen molar-refractivity contribution in [2.75, 3.05) is 24.0 Å². The third-order valence-electron chi connectivity index (χ3n) is 3.51. The fourth-order valence-corrected chi connectivity index (χ4v) is 3.40. The maximum absolute atomic E-state index is 14.4. The second kappa shape index (κ2) is 6.19. The van der Waals surface area contributed by atoms with Crippen LogP contribution < -0.4 is 5.73 Å². The van der Waals surface area contributed by atoms with Crippen molar-refractivity contribution in [3.05, 3.63) is 6.33 Å². The average molecular weight is 345 g/mol. The molecule has 3 rings (SSSR count). The number of hydrogen-bond donors (Lipinski definition) is 2. The van der Waals surface area contributed by atoms with Gasteiger partial charge in [-0.1, -0.05) is 11.8 Å². The van der Waals surface area contributed by atoms with Crippen LogP contribution in [0.5, 0.6) is 0 Å². The minimum atomic E-state index is -1.55. The maximum atomic E-state index is 14.4. The molecule has 0 saturated carbocycles. The molecule has 0 amide bonds. The largest absolute Gasteiger partial charge is 0.387 e. The molecule has 1 aliphatic heterocycles. The highest BCUT2D eigenvalue weighted by Crippen LogP contribution is 2.35. The van der Waals surface area contributed by atoms with Crippen LogP contribution in [0.3, 0.4) is 0 Å². The van der Waals surface area contributed by atoms with E-state index < -0.39 is 24.6 Å². The lowest BCUT2D eigenvalue weighted by molar-refractivity contribution is -0.0116. The summed E-state index contributed by atoms with van der Waals surface area (Å²) in [4.78, 5) is 12.6. The Kier molecular flexibility index (Phi) is 4.44. The molecule has 0 aromatic carbocycles. The molecule has 3 N–H and O–H groups in total. The second-order valence-electron chi connectivity index (χ2n) is 4.88. The molecule has 120 valence electrons. The van der Waals surface area contributed by atoms with E-state index in [4.69, 9.17) is 10.5 Å². The first kappa shape index (κ1) is 15.8. The highest BCUT2D eigenvalue weighted by molar-refractivity contribution is 7.98. The van der Waals surface area contributed by atoms with Crippen molar-refractivity contribution in [3.63, 3.8) is 0 Å². The van der Waals surface area contributed by atoms with E-state index in [1.54, 1.807) is 0 Å². The SMILES string of the molecule is CSC[C@H]1O[C@@H](n2cnc3c(N)nc(SC)nc32)[C@@H](F)[C@@H]1O. The molecular weight excluding hydrogens is 329 g/mol. The van der Waals surface area contributed by atoms with E-state index in [2.05, 4.69) is 15.0 Å². The summed E-state index contributed by atoms with van der Waals surface area (Å²) in [5.41, 5.74) is 6.66. The number of aliphatic hydroxyl groups excluding tert-OH is 1. The number of aromatic nitrogens is 4. The fourth-order valence-electron chi connectivity index (χ4n) is 2.42. The van der Waals surface area contributed by atoms with E-state index in [0.717, 1.165) is 0 Å². The van der Waals surface area contributed by atoms with Gasteiger partial charge in [0.15, 0.2) is 29.0 Å². The minimum Gasteiger partial charge on any atom is -0.387 e. The van der Waals surface area contributed by atoms with Gasteiger partial charge in [0.1, 0.15) is 11.6 Å². The van der Waals surface area contributed by atoms with Crippen molar-refractivity contribution < 1.29 is 14.2 Å². The Bertz CT molecular complexity index is 685. The number of halogens is 1. The van der Waals surface area contributed by atoms with Crippen LogP contribution in [0.4, 0.5) is 10.2 Å². The van der Waals surface area contributed by atoms with Crippen LogP contribution in [-0.4, -0.2) is 61.3 Å². The third-order valence-corrected chi connectivity index (χ3v) is 4.72. The number of hydrogen-bond acceptors (Lipinski definition) is 8. The molecule has 0 bridgehead atoms. The molecular formula is C12H16FN5O2S2. The van der Waals surface area contributed by atoms with Crippen LogP contribution >= 0.6 is 23.5 Å². The van der Waals surface area contributed by atoms with Gasteiger partial charge in [-0.15, -0.1) is 0 Å². The number of imidazole rings is 1. The lowest BCUT2D eigenvalue weighted by atomic mass is 10.2. The predicted molar refractivity (Wildman–Crippen MR) is 84.7 cm³/mol. The van der Waals surface area contributed by atoms with Crippen LogP contribution in [0.25, 0.3) is 11.2 Å². The summed E-state index contributed by atoms with van der Waals surface area (Å²) in [6, 6.07) is 0. The number of anilines is 1. The number of nitrogens with zero attached hydrogens (tertiary/aromatic N) is 4. The van der Waals surface area contributed by atoms with Crippen molar-refractivity contribution in [2.24, 2.45) is 0 Å². The van der Waals surface area contributed by atoms with Crippen LogP contribution in [0, 0.1) is 0 Å². The van der Waals surface area contributed by atoms with Gasteiger partial charge in [0.25, 0.3) is 0 Å². The van der Waals surface area contributed by atoms with Crippen LogP contribution in [0.2, 0.25) is 0 Å². The van der Waals surface area contributed by atoms with Crippen molar-refractivity contribution >= 4 is 40.5 Å². The maximum Gasteiger partial charge on any atom is 0.191 e. The van der Waals surface area contributed by atoms with Gasteiger partial charge in [0.2, 0.25) is 0 Å². The Morgan fingerprint density at radius 2 is 2.23 bits per heavy atom. The number of rotatable bonds is 4. The van der Waals surface area contributed by atoms with Crippen LogP contribution in [0.1, 0.15) is 6.23 Å². The molecule has 1 aliphatic rings. The molecule has 1 saturated heterocycles. The third kappa shape index (κ3) is 2.53. The summed E-state index contributed by atoms with van der Waals surface area (Å²) in [5.74, 6) is 0.750. The highest BCUT2D eigenvalue weighted by Gasteiger charge is 2.45. The number of alkyl halides is 1. The van der Waals surface area contributed by atoms with E-state index in [0.29, 0.717) is 22.1 Å². The summed E-state index contributed by atoms with van der Waals surface area (Å²) in [5, 5.41) is 10.5. The molecule has 0 spiro atoms. The number of fused-ring (bicyclic) bond motifs is 1. The lowest BCUT2D eigenvalue weighted by Gasteiger charge is -2.15. The van der Waals surface area contributed by atoms with Gasteiger partial charge < -0.3 is 15.6 Å². The topological polar surface area (TPSA) is 99.1 Å². The number of thioether (sulfide) groups is 2. The van der Waals surface area contributed by atoms with Crippen molar-refractivity contribution in [1.29, 1.82) is 0 Å². The molecule has 2 aromatic rings. The zero-order valence-corrected chi connectivity index (χ0v) is 13.6. The number of ether oxygens (including phenoxy) is 1. The Morgan fingerprint density at radius 1 is 1.45 bits per heavy atom. The molecule has 1 fully saturated rings. The van der Waals surface area contributed by atoms with Crippen molar-refractivity contribution in [2.45, 2.75) is 29.8 Å². The Balaban J connectivity index is 2.01. The van der Waals surface area contributed by atoms with E-state index in [-0.39, 0.29) is 5.82 Å². The number of nitrogens with two attached hydrogens (primary N) is 1. The standard InChI is InChI=1S/C12H16FN5O2S2/c1-21-3-5-8(19)6(13)11(20-5)18-4-15-7-9(14)16-12(22-2)17-10(7)18/h4-6,8,11,19H,3H2,1-2H3,(H2,14,16,17)/t5-,6+,8-,11-/m1/s1. The van der Waals surface area contributed by atoms with Crippen molar-refractivity contribution in [1.82, 2.24) is 19.5 Å². The molecule has 22 heavy (non-hydrogen) atoms. The summed E-state index contributed by atoms with van der Waals surface area (Å²) in [6.07, 6.45) is 0.863. The summed E-state index contributed by atoms with van der Waals surface area (Å²) < 4.78 is 21.6. The quantitative estimate of drug-likeness (QED) is 0.627. The molecule has 7 nitrogen and oxygen atoms in total. The van der Waals surface area contributed by atoms with Gasteiger partial charge in [0.05, 0.1) is 12.4 Å². The van der Waals surface area contributed by atoms with Crippen LogP contribution in [0.15, 0.2) is 11.5 Å². The number of aliphatic hydroxyl groups is 1. The van der Waals surface area contributed by atoms with Crippen LogP contribution in [-0.2, 0) is 4.74 Å². The first-order chi connectivity index (χ1) is 10.6. The molecule has 0 radical (unpaired) electrons. The molecule has 2 aromatic heterocycles. The van der Waals surface area contributed by atoms with Gasteiger partial charge >= 0.3 is 0 Å². The second-order valence-corrected chi connectivity index (χ2v) is 6.56. The number of nitrogen functional groups attached to an aromatic ring is 1. The normalized spacial score (nSPS) is 28.5. The first-order valence-electron chi connectivity index (χ1n) is 6.57. The fraction of sp³-hybridized carbons (Fsp3) is 0.583. The monoisotopic (exact) mass is 345 g/mol. The lowest BCUT2D eigenvalue weighted by Crippen LogP contribution is -2.29. The Hall–Kier alpha value is -1.10. The Morgan fingerprint density at radius 3 is 2.91 bits per heavy atom. The van der Waals surface area contributed by atoms with E-state index in [1.165, 1.54) is 34.4 Å². The van der Waals surface area contributed by atoms with E-state index in [9.17, 15) is 9.50 Å². The van der Waals surface area contributed by atoms with Gasteiger partial charge in [-0.3, -0.25) is 4.57 Å². The van der Waals surface area contributed by atoms with Gasteiger partial charge in [-0.05, 0) is 12.5 Å². The first-order valence-corrected chi connectivity index (χ1v) is 9.19. The molecule has 3 heterocycles. The molecule has 0 aliphatic carbocycles. The van der Waals surface area contributed by atoms with E-state index in [1.807, 2.05) is 12.5 Å². The van der Waals surface area contributed by atoms with Gasteiger partial charge in [0, 0.05) is 5.75 Å². The molecule has 0 unspecified atom stereocenters. The predicted octanol–water partition coefficient (Wildman–Crippen LogP) is 1.09. The summed E-state index contributed by atoms with van der Waals surface area (Å²) in [7, 11) is 0. The van der Waals surface area contributed by atoms with Gasteiger partial charge in [-0.2, -0.15) is 11.8 Å². The highest BCUT2D eigenvalue weighted by atomic mass is 32.2. The van der Waals surface area contributed by atoms with Gasteiger partial charge in [-0.25, -0.2) is 19.3 Å². The van der Waals surface area contributed by atoms with E-state index >= 15 is 0 Å². The minimum absolute atomic E-state index is 0.239. The average Bonchev–Trinajstić information content (AvgIpc) is 3.04. The summed E-state index contributed by atoms with van der Waals surface area (Å²) >= 11 is 2.82. The Labute approximate surface area is 134 Å². The zero-order chi connectivity index (χ0) is 15.9. The smallest absolute Gasteiger partial charge is 0.191 e. The summed E-state index contributed by atoms with van der Waals surface area (Å²) in [6.45, 7) is 0.